The van der Waals surface area contributed by atoms with E-state index in [1.165, 1.54) is 25.1 Å². The molecule has 0 saturated carbocycles. The van der Waals surface area contributed by atoms with Crippen molar-refractivity contribution < 1.29 is 28.7 Å². The van der Waals surface area contributed by atoms with Crippen molar-refractivity contribution in [1.29, 1.82) is 0 Å². The maximum atomic E-state index is 12.0. The Hall–Kier alpha value is -2.54. The van der Waals surface area contributed by atoms with Crippen LogP contribution in [0.15, 0.2) is 18.2 Å². The van der Waals surface area contributed by atoms with E-state index in [1.807, 2.05) is 5.32 Å². The Morgan fingerprint density at radius 2 is 1.91 bits per heavy atom. The number of nitrogens with one attached hydrogen (secondary N) is 1. The lowest BCUT2D eigenvalue weighted by molar-refractivity contribution is -0.143. The summed E-state index contributed by atoms with van der Waals surface area (Å²) < 4.78 is 4.63. The van der Waals surface area contributed by atoms with Crippen LogP contribution in [0.3, 0.4) is 0 Å². The Bertz CT molecular complexity index is 711. The van der Waals surface area contributed by atoms with Crippen LogP contribution in [0.25, 0.3) is 0 Å². The van der Waals surface area contributed by atoms with E-state index in [0.29, 0.717) is 0 Å². The molecule has 0 aromatic heterocycles. The number of rotatable bonds is 4. The van der Waals surface area contributed by atoms with Crippen molar-refractivity contribution in [2.24, 2.45) is 5.92 Å². The van der Waals surface area contributed by atoms with E-state index in [2.05, 4.69) is 4.74 Å². The molecule has 114 valence electrons. The Labute approximate surface area is 129 Å². The summed E-state index contributed by atoms with van der Waals surface area (Å²) in [5.41, 5.74) is -0.291. The quantitative estimate of drug-likeness (QED) is 0.384. The summed E-state index contributed by atoms with van der Waals surface area (Å²) in [6.45, 7) is 1.38. The first kappa shape index (κ1) is 15.8. The van der Waals surface area contributed by atoms with Crippen molar-refractivity contribution in [2.75, 3.05) is 0 Å². The van der Waals surface area contributed by atoms with Crippen molar-refractivity contribution in [3.05, 3.63) is 34.9 Å². The second-order valence-electron chi connectivity index (χ2n) is 4.68. The molecule has 1 aliphatic rings. The minimum Gasteiger partial charge on any atom is -0.389 e. The number of carbonyl (C=O) groups is 5. The third kappa shape index (κ3) is 3.04. The van der Waals surface area contributed by atoms with Gasteiger partial charge in [-0.3, -0.25) is 24.5 Å². The number of carbonyl (C=O) groups excluding carboxylic acids is 5. The van der Waals surface area contributed by atoms with Crippen molar-refractivity contribution in [2.45, 2.75) is 13.3 Å². The fourth-order valence-corrected chi connectivity index (χ4v) is 2.19. The third-order valence-electron chi connectivity index (χ3n) is 3.05. The second-order valence-corrected chi connectivity index (χ2v) is 5.10. The molecule has 1 aliphatic heterocycles. The zero-order valence-corrected chi connectivity index (χ0v) is 12.1. The molecule has 0 spiro atoms. The van der Waals surface area contributed by atoms with Gasteiger partial charge in [0.1, 0.15) is 0 Å². The lowest BCUT2D eigenvalue weighted by Gasteiger charge is -2.09. The van der Waals surface area contributed by atoms with Gasteiger partial charge in [-0.2, -0.15) is 0 Å². The smallest absolute Gasteiger partial charge is 0.346 e. The predicted octanol–water partition coefficient (Wildman–Crippen LogP) is 1.05. The van der Waals surface area contributed by atoms with Crippen molar-refractivity contribution in [3.8, 4) is 0 Å². The first-order valence-corrected chi connectivity index (χ1v) is 6.62. The average molecular weight is 324 g/mol. The number of hydrogen-bond donors (Lipinski definition) is 1. The minimum atomic E-state index is -1.07. The maximum Gasteiger partial charge on any atom is 0.346 e. The van der Waals surface area contributed by atoms with E-state index in [1.54, 1.807) is 0 Å². The van der Waals surface area contributed by atoms with Crippen LogP contribution in [0.1, 0.15) is 44.4 Å². The summed E-state index contributed by atoms with van der Waals surface area (Å²) >= 11 is 5.16. The van der Waals surface area contributed by atoms with Gasteiger partial charge in [0.05, 0.1) is 22.6 Å². The first-order valence-electron chi connectivity index (χ1n) is 6.24. The number of amides is 2. The van der Waals surface area contributed by atoms with Crippen LogP contribution in [0.2, 0.25) is 0 Å². The van der Waals surface area contributed by atoms with Gasteiger partial charge in [-0.1, -0.05) is 13.0 Å². The largest absolute Gasteiger partial charge is 0.389 e. The highest BCUT2D eigenvalue weighted by molar-refractivity contribution is 6.63. The van der Waals surface area contributed by atoms with Crippen LogP contribution >= 0.6 is 11.6 Å². The van der Waals surface area contributed by atoms with Crippen molar-refractivity contribution >= 4 is 40.6 Å². The lowest BCUT2D eigenvalue weighted by Crippen LogP contribution is -2.23. The zero-order chi connectivity index (χ0) is 16.4. The molecule has 0 bridgehead atoms. The predicted molar refractivity (Wildman–Crippen MR) is 73.3 cm³/mol. The fourth-order valence-electron chi connectivity index (χ4n) is 1.96. The van der Waals surface area contributed by atoms with Crippen LogP contribution in [-0.4, -0.2) is 29.0 Å². The van der Waals surface area contributed by atoms with Gasteiger partial charge in [0.2, 0.25) is 5.24 Å². The highest BCUT2D eigenvalue weighted by Gasteiger charge is 2.33. The molecule has 1 atom stereocenters. The van der Waals surface area contributed by atoms with Crippen molar-refractivity contribution in [3.63, 3.8) is 0 Å². The number of esters is 2. The zero-order valence-electron chi connectivity index (χ0n) is 11.3. The Morgan fingerprint density at radius 1 is 1.23 bits per heavy atom. The maximum absolute atomic E-state index is 12.0. The molecule has 1 aromatic rings. The van der Waals surface area contributed by atoms with E-state index < -0.39 is 34.9 Å². The van der Waals surface area contributed by atoms with Gasteiger partial charge in [0.15, 0.2) is 0 Å². The second kappa shape index (κ2) is 6.07. The molecule has 0 fully saturated rings. The standard InChI is InChI=1S/C14H10ClNO6/c1-6(5-9(15)17)13(20)22-14(21)8-4-2-3-7-10(8)12(19)16-11(7)18/h2-4,6H,5H2,1H3,(H,16,18,19). The molecule has 0 aliphatic carbocycles. The summed E-state index contributed by atoms with van der Waals surface area (Å²) in [6, 6.07) is 4.04. The van der Waals surface area contributed by atoms with Crippen LogP contribution in [0.4, 0.5) is 0 Å². The first-order chi connectivity index (χ1) is 10.3. The SMILES string of the molecule is CC(CC(=O)Cl)C(=O)OC(=O)c1cccc2c1C(=O)NC2=O. The van der Waals surface area contributed by atoms with E-state index in [4.69, 9.17) is 11.6 Å². The molecule has 1 N–H and O–H groups in total. The molecule has 0 saturated heterocycles. The number of ether oxygens (including phenoxy) is 1. The minimum absolute atomic E-state index is 0.0379. The van der Waals surface area contributed by atoms with Gasteiger partial charge in [-0.25, -0.2) is 4.79 Å². The normalized spacial score (nSPS) is 14.1. The summed E-state index contributed by atoms with van der Waals surface area (Å²) in [7, 11) is 0. The van der Waals surface area contributed by atoms with E-state index in [0.717, 1.165) is 0 Å². The Morgan fingerprint density at radius 3 is 2.55 bits per heavy atom. The molecule has 8 heteroatoms. The van der Waals surface area contributed by atoms with Gasteiger partial charge in [-0.05, 0) is 23.7 Å². The van der Waals surface area contributed by atoms with E-state index in [9.17, 15) is 24.0 Å². The number of imide groups is 1. The third-order valence-corrected chi connectivity index (χ3v) is 3.20. The molecule has 2 rings (SSSR count). The Balaban J connectivity index is 2.22. The molecule has 7 nitrogen and oxygen atoms in total. The average Bonchev–Trinajstić information content (AvgIpc) is 2.73. The molecule has 1 heterocycles. The van der Waals surface area contributed by atoms with Crippen LogP contribution in [0, 0.1) is 5.92 Å². The summed E-state index contributed by atoms with van der Waals surface area (Å²) in [6.07, 6.45) is -0.278. The van der Waals surface area contributed by atoms with Gasteiger partial charge in [-0.15, -0.1) is 0 Å². The molecule has 2 amide bonds. The molecule has 1 unspecified atom stereocenters. The monoisotopic (exact) mass is 323 g/mol. The van der Waals surface area contributed by atoms with Crippen LogP contribution < -0.4 is 5.32 Å². The summed E-state index contributed by atoms with van der Waals surface area (Å²) in [4.78, 5) is 57.6. The van der Waals surface area contributed by atoms with Crippen LogP contribution in [-0.2, 0) is 14.3 Å². The summed E-state index contributed by atoms with van der Waals surface area (Å²) in [5, 5.41) is 1.31. The lowest BCUT2D eigenvalue weighted by atomic mass is 10.0. The van der Waals surface area contributed by atoms with Gasteiger partial charge < -0.3 is 4.74 Å². The molecule has 0 radical (unpaired) electrons. The highest BCUT2D eigenvalue weighted by Crippen LogP contribution is 2.21. The molecular weight excluding hydrogens is 314 g/mol. The van der Waals surface area contributed by atoms with Crippen molar-refractivity contribution in [1.82, 2.24) is 5.32 Å². The van der Waals surface area contributed by atoms with E-state index >= 15 is 0 Å². The number of fused-ring (bicyclic) bond motifs is 1. The van der Waals surface area contributed by atoms with Gasteiger partial charge >= 0.3 is 11.9 Å². The number of halogens is 1. The van der Waals surface area contributed by atoms with E-state index in [-0.39, 0.29) is 23.1 Å². The van der Waals surface area contributed by atoms with Gasteiger partial charge in [0, 0.05) is 6.42 Å². The highest BCUT2D eigenvalue weighted by atomic mass is 35.5. The topological polar surface area (TPSA) is 107 Å². The summed E-state index contributed by atoms with van der Waals surface area (Å²) in [5.74, 6) is -4.27. The fraction of sp³-hybridized carbons (Fsp3) is 0.214. The molecule has 1 aromatic carbocycles. The molecule has 22 heavy (non-hydrogen) atoms. The molecular formula is C14H10ClNO6. The number of benzene rings is 1. The van der Waals surface area contributed by atoms with Crippen LogP contribution in [0.5, 0.6) is 0 Å². The number of hydrogen-bond acceptors (Lipinski definition) is 6. The Kier molecular flexibility index (Phi) is 4.37. The van der Waals surface area contributed by atoms with Gasteiger partial charge in [0.25, 0.3) is 11.8 Å².